The molecule has 2 aliphatic rings. The molecular weight excluding hydrogens is 1070 g/mol. The van der Waals surface area contributed by atoms with Crippen LogP contribution in [0.1, 0.15) is 74.6 Å². The van der Waals surface area contributed by atoms with Crippen LogP contribution in [0.3, 0.4) is 0 Å². The predicted molar refractivity (Wildman–Crippen MR) is 306 cm³/mol. The zero-order chi connectivity index (χ0) is 59.6. The van der Waals surface area contributed by atoms with Gasteiger partial charge in [0.25, 0.3) is 0 Å². The lowest BCUT2D eigenvalue weighted by Crippen LogP contribution is -2.60. The third kappa shape index (κ3) is 17.4. The number of carbonyl (C=O) groups excluding carboxylic acids is 10. The van der Waals surface area contributed by atoms with E-state index >= 15 is 0 Å². The zero-order valence-electron chi connectivity index (χ0n) is 46.7. The normalized spacial score (nSPS) is 22.7. The number of hydrogen-bond donors (Lipinski definition) is 11. The highest BCUT2D eigenvalue weighted by Gasteiger charge is 2.38. The van der Waals surface area contributed by atoms with Crippen molar-refractivity contribution in [1.82, 2.24) is 57.3 Å². The molecule has 3 heterocycles. The Balaban J connectivity index is 1.22. The first kappa shape index (κ1) is 61.3. The summed E-state index contributed by atoms with van der Waals surface area (Å²) in [6, 6.07) is 19.1. The van der Waals surface area contributed by atoms with Gasteiger partial charge < -0.3 is 67.5 Å². The van der Waals surface area contributed by atoms with Crippen molar-refractivity contribution in [3.63, 3.8) is 0 Å². The van der Waals surface area contributed by atoms with Crippen molar-refractivity contribution < 1.29 is 58.2 Å². The fourth-order valence-corrected chi connectivity index (χ4v) is 10.1. The molecule has 0 bridgehead atoms. The number of fused-ring (bicyclic) bond motifs is 2. The Bertz CT molecular complexity index is 3120. The van der Waals surface area contributed by atoms with Gasteiger partial charge in [-0.3, -0.25) is 47.9 Å². The minimum Gasteiger partial charge on any atom is -0.508 e. The Labute approximate surface area is 480 Å². The number of para-hydroxylation sites is 1. The largest absolute Gasteiger partial charge is 0.508 e. The average molecular weight is 1140 g/mol. The third-order valence-corrected chi connectivity index (χ3v) is 14.8. The number of aromatic nitrogens is 1. The van der Waals surface area contributed by atoms with Gasteiger partial charge in [0.05, 0.1) is 19.6 Å². The molecule has 0 saturated carbocycles. The number of carbonyl (C=O) groups is 10. The molecule has 23 heteroatoms. The predicted octanol–water partition coefficient (Wildman–Crippen LogP) is 1.05. The van der Waals surface area contributed by atoms with E-state index in [1.807, 2.05) is 31.2 Å². The van der Waals surface area contributed by atoms with E-state index in [0.717, 1.165) is 22.2 Å². The van der Waals surface area contributed by atoms with Gasteiger partial charge >= 0.3 is 0 Å². The summed E-state index contributed by atoms with van der Waals surface area (Å²) in [5, 5.41) is 42.2. The summed E-state index contributed by atoms with van der Waals surface area (Å²) in [4.78, 5) is 147. The van der Waals surface area contributed by atoms with Gasteiger partial charge in [0.2, 0.25) is 59.1 Å². The Kier molecular flexibility index (Phi) is 21.8. The molecule has 4 aromatic carbocycles. The quantitative estimate of drug-likeness (QED) is 0.0782. The monoisotopic (exact) mass is 1140 g/mol. The Morgan fingerprint density at radius 3 is 1.76 bits per heavy atom. The van der Waals surface area contributed by atoms with E-state index in [9.17, 15) is 58.2 Å². The van der Waals surface area contributed by atoms with Crippen molar-refractivity contribution in [3.8, 4) is 11.5 Å². The van der Waals surface area contributed by atoms with Crippen LogP contribution < -0.4 is 42.5 Å². The lowest BCUT2D eigenvalue weighted by atomic mass is 10.00. The van der Waals surface area contributed by atoms with Crippen molar-refractivity contribution in [3.05, 3.63) is 132 Å². The molecule has 5 aromatic rings. The highest BCUT2D eigenvalue weighted by atomic mass is 16.3. The molecule has 2 aliphatic heterocycles. The minimum absolute atomic E-state index is 0.0324. The van der Waals surface area contributed by atoms with Gasteiger partial charge in [-0.25, -0.2) is 0 Å². The lowest BCUT2D eigenvalue weighted by Gasteiger charge is -2.30. The maximum absolute atomic E-state index is 14.8. The molecule has 2 saturated heterocycles. The summed E-state index contributed by atoms with van der Waals surface area (Å²) in [6.45, 7) is 1.67. The number of nitrogens with one attached hydrogen (secondary N) is 9. The van der Waals surface area contributed by atoms with Crippen LogP contribution in [0.5, 0.6) is 11.5 Å². The molecule has 0 unspecified atom stereocenters. The van der Waals surface area contributed by atoms with E-state index in [2.05, 4.69) is 47.5 Å². The summed E-state index contributed by atoms with van der Waals surface area (Å²) >= 11 is 0. The highest BCUT2D eigenvalue weighted by Crippen LogP contribution is 2.22. The van der Waals surface area contributed by atoms with Crippen LogP contribution in [-0.2, 0) is 73.6 Å². The van der Waals surface area contributed by atoms with Crippen LogP contribution in [0.4, 0.5) is 0 Å². The van der Waals surface area contributed by atoms with Gasteiger partial charge in [-0.05, 0) is 78.8 Å². The van der Waals surface area contributed by atoms with Crippen molar-refractivity contribution in [2.75, 3.05) is 33.2 Å². The Hall–Kier alpha value is -9.28. The van der Waals surface area contributed by atoms with Crippen molar-refractivity contribution in [2.24, 2.45) is 0 Å². The molecule has 11 N–H and O–H groups in total. The number of unbranched alkanes of at least 4 members (excludes halogenated alkanes) is 2. The standard InChI is InChI=1S/C60H73N11O12/c1-4-5-7-17-45-55(78)68-48(31-40-32-61-44-16-11-10-15-43(40)44)54(77)63-34-52(75)66-46(28-38-19-23-41(72)24-20-38)56(79)65-36(2)60(83)71-27-12-18-49(71)58(81)64-33-51(74)62-35-53(76)70(3)50(30-37-13-8-6-9-14-37)59(82)69-47(57(80)67-45)29-39-21-25-42(73)26-22-39/h6,8-11,13-16,19-26,32,36,45-50,61,72-73H,4-5,7,12,17-18,27-31,33-35H2,1-3H3,(H,62,74)(H,63,77)(H,64,81)(H,65,79)(H,66,75)(H,67,80)(H,68,78)(H,69,82)/t36-,45-,46-,47-,48-,49+,50-/m0/s1. The molecule has 0 spiro atoms. The molecule has 1 aromatic heterocycles. The molecule has 0 radical (unpaired) electrons. The number of likely N-dealkylation sites (N-methyl/N-ethyl adjacent to an activating group) is 1. The third-order valence-electron chi connectivity index (χ3n) is 14.8. The number of aromatic hydroxyl groups is 2. The number of aromatic amines is 1. The summed E-state index contributed by atoms with van der Waals surface area (Å²) in [5.41, 5.74) is 3.07. The van der Waals surface area contributed by atoms with Gasteiger partial charge in [0.1, 0.15) is 53.8 Å². The SMILES string of the molecule is CCCCC[C@@H]1NC(=O)[C@H](Cc2ccc(O)cc2)NC(=O)[C@H](Cc2ccccc2)N(C)C(=O)CNC(=O)CNC(=O)[C@H]2CCCN2C(=O)[C@H](C)NC(=O)[C@H](Cc2ccc(O)cc2)NC(=O)CNC(=O)[C@H](Cc2c[nH]c3ccccc23)NC1=O. The topological polar surface area (TPSA) is 330 Å². The number of phenolic OH excluding ortho intramolecular Hbond substituents is 2. The van der Waals surface area contributed by atoms with E-state index in [1.54, 1.807) is 60.8 Å². The van der Waals surface area contributed by atoms with Crippen LogP contribution >= 0.6 is 0 Å². The van der Waals surface area contributed by atoms with Gasteiger partial charge in [-0.2, -0.15) is 0 Å². The van der Waals surface area contributed by atoms with Crippen LogP contribution in [-0.4, -0.2) is 160 Å². The van der Waals surface area contributed by atoms with Gasteiger partial charge in [0, 0.05) is 56.4 Å². The summed E-state index contributed by atoms with van der Waals surface area (Å²) < 4.78 is 0. The summed E-state index contributed by atoms with van der Waals surface area (Å²) in [7, 11) is 1.37. The van der Waals surface area contributed by atoms with Crippen LogP contribution in [0.2, 0.25) is 0 Å². The lowest BCUT2D eigenvalue weighted by molar-refractivity contribution is -0.141. The van der Waals surface area contributed by atoms with Gasteiger partial charge in [-0.15, -0.1) is 0 Å². The second-order valence-electron chi connectivity index (χ2n) is 20.9. The van der Waals surface area contributed by atoms with Crippen molar-refractivity contribution in [1.29, 1.82) is 0 Å². The molecular formula is C60H73N11O12. The van der Waals surface area contributed by atoms with E-state index in [1.165, 1.54) is 43.1 Å². The Morgan fingerprint density at radius 2 is 1.08 bits per heavy atom. The summed E-state index contributed by atoms with van der Waals surface area (Å²) in [5.74, 6) is -7.53. The highest BCUT2D eigenvalue weighted by molar-refractivity contribution is 5.99. The molecule has 0 aliphatic carbocycles. The Morgan fingerprint density at radius 1 is 0.530 bits per heavy atom. The average Bonchev–Trinajstić information content (AvgIpc) is 4.27. The first-order valence-corrected chi connectivity index (χ1v) is 27.9. The number of nitrogens with zero attached hydrogens (tertiary/aromatic N) is 2. The number of H-pyrrole nitrogens is 1. The smallest absolute Gasteiger partial charge is 0.245 e. The van der Waals surface area contributed by atoms with Crippen LogP contribution in [0.15, 0.2) is 109 Å². The van der Waals surface area contributed by atoms with E-state index in [0.29, 0.717) is 41.5 Å². The fraction of sp³-hybridized carbons (Fsp3) is 0.400. The van der Waals surface area contributed by atoms with Crippen molar-refractivity contribution >= 4 is 70.0 Å². The summed E-state index contributed by atoms with van der Waals surface area (Å²) in [6.07, 6.45) is 3.95. The van der Waals surface area contributed by atoms with E-state index in [4.69, 9.17) is 0 Å². The fourth-order valence-electron chi connectivity index (χ4n) is 10.1. The molecule has 10 amide bonds. The molecule has 7 atom stereocenters. The number of phenols is 2. The van der Waals surface area contributed by atoms with E-state index in [-0.39, 0.29) is 56.6 Å². The second kappa shape index (κ2) is 29.4. The van der Waals surface area contributed by atoms with E-state index < -0.39 is 121 Å². The minimum atomic E-state index is -1.39. The van der Waals surface area contributed by atoms with Crippen LogP contribution in [0, 0.1) is 0 Å². The molecule has 83 heavy (non-hydrogen) atoms. The van der Waals surface area contributed by atoms with Crippen LogP contribution in [0.25, 0.3) is 10.9 Å². The number of amides is 10. The maximum Gasteiger partial charge on any atom is 0.245 e. The molecule has 23 nitrogen and oxygen atoms in total. The zero-order valence-corrected chi connectivity index (χ0v) is 46.7. The first-order chi connectivity index (χ1) is 39.9. The second-order valence-corrected chi connectivity index (χ2v) is 20.9. The molecule has 2 fully saturated rings. The maximum atomic E-state index is 14.8. The van der Waals surface area contributed by atoms with Gasteiger partial charge in [0.15, 0.2) is 0 Å². The molecule has 7 rings (SSSR count). The molecule has 440 valence electrons. The number of hydrogen-bond acceptors (Lipinski definition) is 12. The first-order valence-electron chi connectivity index (χ1n) is 27.9. The number of rotatable bonds is 12. The van der Waals surface area contributed by atoms with Gasteiger partial charge in [-0.1, -0.05) is 99.0 Å². The van der Waals surface area contributed by atoms with Crippen molar-refractivity contribution in [2.45, 2.75) is 120 Å². The number of benzene rings is 4.